The third-order valence-electron chi connectivity index (χ3n) is 7.40. The number of imide groups is 1. The number of ether oxygens (including phenoxy) is 1. The Labute approximate surface area is 187 Å². The van der Waals surface area contributed by atoms with Crippen molar-refractivity contribution in [2.45, 2.75) is 33.2 Å². The number of nitrogens with zero attached hydrogens (tertiary/aromatic N) is 1. The Kier molecular flexibility index (Phi) is 4.95. The van der Waals surface area contributed by atoms with Gasteiger partial charge in [-0.1, -0.05) is 26.0 Å². The van der Waals surface area contributed by atoms with Crippen LogP contribution in [0.25, 0.3) is 0 Å². The Morgan fingerprint density at radius 2 is 1.56 bits per heavy atom. The summed E-state index contributed by atoms with van der Waals surface area (Å²) < 4.78 is 5.21. The average molecular weight is 437 g/mol. The maximum Gasteiger partial charge on any atom is 0.338 e. The molecule has 3 fully saturated rings. The van der Waals surface area contributed by atoms with Gasteiger partial charge in [-0.15, -0.1) is 0 Å². The van der Waals surface area contributed by atoms with Gasteiger partial charge >= 0.3 is 5.97 Å². The molecule has 0 aromatic heterocycles. The summed E-state index contributed by atoms with van der Waals surface area (Å²) in [6.45, 7) is 5.85. The molecule has 4 aliphatic carbocycles. The largest absolute Gasteiger partial charge is 0.462 e. The van der Waals surface area contributed by atoms with Gasteiger partial charge < -0.3 is 10.1 Å². The van der Waals surface area contributed by atoms with Gasteiger partial charge in [0, 0.05) is 5.69 Å². The van der Waals surface area contributed by atoms with E-state index in [9.17, 15) is 19.2 Å². The quantitative estimate of drug-likeness (QED) is 0.421. The number of hydrogen-bond acceptors (Lipinski definition) is 5. The molecule has 1 saturated heterocycles. The Bertz CT molecular complexity index is 978. The highest BCUT2D eigenvalue weighted by atomic mass is 16.5. The summed E-state index contributed by atoms with van der Waals surface area (Å²) >= 11 is 0. The van der Waals surface area contributed by atoms with Crippen molar-refractivity contribution in [2.24, 2.45) is 41.4 Å². The normalized spacial score (nSPS) is 32.6. The van der Waals surface area contributed by atoms with E-state index in [1.54, 1.807) is 31.2 Å². The maximum absolute atomic E-state index is 13.2. The molecule has 0 spiro atoms. The molecule has 1 N–H and O–H groups in total. The zero-order valence-electron chi connectivity index (χ0n) is 18.5. The first-order chi connectivity index (χ1) is 15.3. The number of rotatable bonds is 6. The zero-order chi connectivity index (χ0) is 22.7. The summed E-state index contributed by atoms with van der Waals surface area (Å²) in [6, 6.07) is 5.49. The first-order valence-corrected chi connectivity index (χ1v) is 11.4. The van der Waals surface area contributed by atoms with Crippen LogP contribution in [-0.2, 0) is 19.1 Å². The molecule has 6 rings (SSSR count). The fourth-order valence-electron chi connectivity index (χ4n) is 5.74. The van der Waals surface area contributed by atoms with E-state index in [2.05, 4.69) is 17.5 Å². The number of hydrogen-bond donors (Lipinski definition) is 1. The highest BCUT2D eigenvalue weighted by Gasteiger charge is 2.67. The fourth-order valence-corrected chi connectivity index (χ4v) is 5.74. The number of carbonyl (C=O) groups excluding carboxylic acids is 4. The average Bonchev–Trinajstić information content (AvgIpc) is 3.55. The van der Waals surface area contributed by atoms with Crippen molar-refractivity contribution in [3.63, 3.8) is 0 Å². The lowest BCUT2D eigenvalue weighted by Gasteiger charge is -2.37. The predicted octanol–water partition coefficient (Wildman–Crippen LogP) is 2.88. The number of likely N-dealkylation sites (tertiary alicyclic amines) is 1. The van der Waals surface area contributed by atoms with Gasteiger partial charge in [0.1, 0.15) is 6.04 Å². The number of amides is 3. The van der Waals surface area contributed by atoms with Crippen molar-refractivity contribution in [2.75, 3.05) is 11.9 Å². The molecule has 2 bridgehead atoms. The summed E-state index contributed by atoms with van der Waals surface area (Å²) in [5, 5.41) is 2.76. The van der Waals surface area contributed by atoms with Crippen LogP contribution in [0.5, 0.6) is 0 Å². The second-order valence-electron chi connectivity index (χ2n) is 9.94. The molecule has 168 valence electrons. The molecule has 0 radical (unpaired) electrons. The van der Waals surface area contributed by atoms with Crippen LogP contribution >= 0.6 is 0 Å². The van der Waals surface area contributed by atoms with Gasteiger partial charge in [0.25, 0.3) is 0 Å². The minimum Gasteiger partial charge on any atom is -0.462 e. The van der Waals surface area contributed by atoms with E-state index in [1.807, 2.05) is 13.8 Å². The first kappa shape index (κ1) is 20.9. The molecule has 7 atom stereocenters. The monoisotopic (exact) mass is 436 g/mol. The number of anilines is 1. The van der Waals surface area contributed by atoms with Gasteiger partial charge in [0.05, 0.1) is 24.0 Å². The van der Waals surface area contributed by atoms with Crippen LogP contribution in [0, 0.1) is 41.4 Å². The van der Waals surface area contributed by atoms with Crippen molar-refractivity contribution in [1.82, 2.24) is 4.90 Å². The van der Waals surface area contributed by atoms with E-state index in [0.717, 1.165) is 6.42 Å². The molecule has 5 aliphatic rings. The summed E-state index contributed by atoms with van der Waals surface area (Å²) in [7, 11) is 0. The molecule has 2 saturated carbocycles. The molecule has 0 unspecified atom stereocenters. The predicted molar refractivity (Wildman–Crippen MR) is 116 cm³/mol. The summed E-state index contributed by atoms with van der Waals surface area (Å²) in [5.41, 5.74) is 0.883. The van der Waals surface area contributed by atoms with Crippen LogP contribution in [0.3, 0.4) is 0 Å². The number of nitrogens with one attached hydrogen (secondary N) is 1. The van der Waals surface area contributed by atoms with E-state index >= 15 is 0 Å². The SMILES string of the molecule is CC(C)COC(=O)c1ccc(NC(=O)[C@H](C)N2C(=O)[C@@H]3[C@H]4C=C[C@@H]([C@@H]5C[C@@H]45)[C@@H]3C2=O)cc1. The summed E-state index contributed by atoms with van der Waals surface area (Å²) in [6.07, 6.45) is 5.34. The van der Waals surface area contributed by atoms with Gasteiger partial charge in [-0.05, 0) is 67.2 Å². The van der Waals surface area contributed by atoms with Gasteiger partial charge in [-0.2, -0.15) is 0 Å². The van der Waals surface area contributed by atoms with Crippen molar-refractivity contribution in [3.8, 4) is 0 Å². The Hall–Kier alpha value is -2.96. The van der Waals surface area contributed by atoms with Crippen LogP contribution < -0.4 is 5.32 Å². The van der Waals surface area contributed by atoms with Gasteiger partial charge in [-0.25, -0.2) is 4.79 Å². The minimum atomic E-state index is -0.896. The molecular weight excluding hydrogens is 408 g/mol. The van der Waals surface area contributed by atoms with E-state index in [-0.39, 0.29) is 41.4 Å². The summed E-state index contributed by atoms with van der Waals surface area (Å²) in [4.78, 5) is 52.5. The van der Waals surface area contributed by atoms with Gasteiger partial charge in [0.15, 0.2) is 0 Å². The lowest BCUT2D eigenvalue weighted by atomic mass is 9.63. The van der Waals surface area contributed by atoms with Crippen LogP contribution in [0.15, 0.2) is 36.4 Å². The molecule has 1 heterocycles. The zero-order valence-corrected chi connectivity index (χ0v) is 18.5. The topological polar surface area (TPSA) is 92.8 Å². The maximum atomic E-state index is 13.2. The van der Waals surface area contributed by atoms with Crippen LogP contribution in [0.4, 0.5) is 5.69 Å². The highest BCUT2D eigenvalue weighted by molar-refractivity contribution is 6.10. The Morgan fingerprint density at radius 1 is 1.00 bits per heavy atom. The molecule has 7 nitrogen and oxygen atoms in total. The van der Waals surface area contributed by atoms with Crippen LogP contribution in [0.1, 0.15) is 37.6 Å². The molecule has 3 amide bonds. The lowest BCUT2D eigenvalue weighted by molar-refractivity contribution is -0.146. The number of allylic oxidation sites excluding steroid dienone is 2. The summed E-state index contributed by atoms with van der Waals surface area (Å²) in [5.74, 6) is -0.324. The molecular formula is C25H28N2O5. The molecule has 1 aliphatic heterocycles. The van der Waals surface area contributed by atoms with Crippen molar-refractivity contribution in [3.05, 3.63) is 42.0 Å². The van der Waals surface area contributed by atoms with E-state index < -0.39 is 17.9 Å². The number of benzene rings is 1. The highest BCUT2D eigenvalue weighted by Crippen LogP contribution is 2.65. The minimum absolute atomic E-state index is 0.134. The second-order valence-corrected chi connectivity index (χ2v) is 9.94. The smallest absolute Gasteiger partial charge is 0.338 e. The second kappa shape index (κ2) is 7.57. The van der Waals surface area contributed by atoms with E-state index in [0.29, 0.717) is 29.7 Å². The van der Waals surface area contributed by atoms with Crippen molar-refractivity contribution < 1.29 is 23.9 Å². The van der Waals surface area contributed by atoms with Gasteiger partial charge in [-0.3, -0.25) is 19.3 Å². The van der Waals surface area contributed by atoms with Crippen LogP contribution in [-0.4, -0.2) is 41.2 Å². The molecule has 1 aromatic carbocycles. The van der Waals surface area contributed by atoms with Crippen LogP contribution in [0.2, 0.25) is 0 Å². The first-order valence-electron chi connectivity index (χ1n) is 11.4. The molecule has 1 aromatic rings. The van der Waals surface area contributed by atoms with E-state index in [1.165, 1.54) is 4.90 Å². The fraction of sp³-hybridized carbons (Fsp3) is 0.520. The Balaban J connectivity index is 1.24. The number of carbonyl (C=O) groups is 4. The van der Waals surface area contributed by atoms with Gasteiger partial charge in [0.2, 0.25) is 17.7 Å². The van der Waals surface area contributed by atoms with Crippen molar-refractivity contribution >= 4 is 29.4 Å². The molecule has 32 heavy (non-hydrogen) atoms. The van der Waals surface area contributed by atoms with E-state index in [4.69, 9.17) is 4.74 Å². The standard InChI is InChI=1S/C25H28N2O5/c1-12(2)11-32-25(31)14-4-6-15(7-5-14)26-22(28)13(3)27-23(29)20-16-8-9-17(19-10-18(16)19)21(20)24(27)30/h4-9,12-13,16-21H,10-11H2,1-3H3,(H,26,28)/t13-,16-,17-,18-,19-,20-,21+/m0/s1. The molecule has 7 heteroatoms. The third kappa shape index (κ3) is 3.26. The number of esters is 1. The third-order valence-corrected chi connectivity index (χ3v) is 7.40. The Morgan fingerprint density at radius 3 is 2.09 bits per heavy atom. The van der Waals surface area contributed by atoms with Crippen molar-refractivity contribution in [1.29, 1.82) is 0 Å². The lowest BCUT2D eigenvalue weighted by Crippen LogP contribution is -2.46.